The van der Waals surface area contributed by atoms with E-state index in [1.807, 2.05) is 0 Å². The third kappa shape index (κ3) is 4.87. The minimum Gasteiger partial charge on any atom is -0.207 e. The van der Waals surface area contributed by atoms with Gasteiger partial charge in [-0.05, 0) is 23.6 Å². The molecule has 1 aromatic carbocycles. The van der Waals surface area contributed by atoms with Crippen molar-refractivity contribution in [1.29, 1.82) is 0 Å². The summed E-state index contributed by atoms with van der Waals surface area (Å²) < 4.78 is 99.7. The van der Waals surface area contributed by atoms with E-state index >= 15 is 0 Å². The van der Waals surface area contributed by atoms with Gasteiger partial charge in [0.05, 0.1) is 10.5 Å². The zero-order valence-corrected chi connectivity index (χ0v) is 12.3. The van der Waals surface area contributed by atoms with Crippen molar-refractivity contribution in [3.05, 3.63) is 29.3 Å². The molecule has 0 radical (unpaired) electrons. The highest BCUT2D eigenvalue weighted by atomic mass is 32.2. The molecule has 0 unspecified atom stereocenters. The molecule has 1 rings (SSSR count). The normalized spacial score (nSPS) is 13.7. The number of alkyl halides is 6. The molecule has 22 heavy (non-hydrogen) atoms. The molecule has 0 amide bonds. The molecule has 0 aliphatic heterocycles. The van der Waals surface area contributed by atoms with Gasteiger partial charge in [0.15, 0.2) is 0 Å². The number of rotatable bonds is 4. The van der Waals surface area contributed by atoms with Crippen LogP contribution in [0.1, 0.15) is 30.9 Å². The highest BCUT2D eigenvalue weighted by Gasteiger charge is 2.39. The van der Waals surface area contributed by atoms with Crippen LogP contribution in [-0.4, -0.2) is 21.1 Å². The van der Waals surface area contributed by atoms with E-state index in [4.69, 9.17) is 0 Å². The van der Waals surface area contributed by atoms with Crippen LogP contribution in [0, 0.1) is 0 Å². The summed E-state index contributed by atoms with van der Waals surface area (Å²) in [5, 5.41) is 0. The van der Waals surface area contributed by atoms with Crippen LogP contribution < -0.4 is 4.72 Å². The third-order valence-electron chi connectivity index (χ3n) is 2.73. The van der Waals surface area contributed by atoms with Gasteiger partial charge >= 0.3 is 12.4 Å². The number of sulfonamides is 1. The van der Waals surface area contributed by atoms with Crippen molar-refractivity contribution in [1.82, 2.24) is 4.72 Å². The van der Waals surface area contributed by atoms with Gasteiger partial charge in [-0.1, -0.05) is 19.9 Å². The van der Waals surface area contributed by atoms with Gasteiger partial charge in [0, 0.05) is 0 Å². The first-order chi connectivity index (χ1) is 9.74. The molecule has 0 aliphatic carbocycles. The molecule has 1 aromatic rings. The maximum Gasteiger partial charge on any atom is 0.417 e. The number of hydrogen-bond donors (Lipinski definition) is 1. The van der Waals surface area contributed by atoms with Gasteiger partial charge in [-0.25, -0.2) is 13.1 Å². The molecule has 0 saturated heterocycles. The van der Waals surface area contributed by atoms with Gasteiger partial charge < -0.3 is 0 Å². The largest absolute Gasteiger partial charge is 0.417 e. The predicted molar refractivity (Wildman–Crippen MR) is 66.8 cm³/mol. The van der Waals surface area contributed by atoms with E-state index < -0.39 is 39.4 Å². The Bertz CT molecular complexity index is 634. The molecule has 10 heteroatoms. The fourth-order valence-corrected chi connectivity index (χ4v) is 2.84. The molecular weight excluding hydrogens is 336 g/mol. The summed E-state index contributed by atoms with van der Waals surface area (Å²) in [5.41, 5.74) is -1.27. The average molecular weight is 349 g/mol. The first kappa shape index (κ1) is 18.8. The van der Waals surface area contributed by atoms with Crippen molar-refractivity contribution in [2.24, 2.45) is 0 Å². The number of benzene rings is 1. The summed E-state index contributed by atoms with van der Waals surface area (Å²) in [4.78, 5) is -1.23. The molecule has 1 N–H and O–H groups in total. The SMILES string of the molecule is CC(C)c1ccc(S(=O)(=O)NCC(F)(F)F)c(C(F)(F)F)c1. The fraction of sp³-hybridized carbons (Fsp3) is 0.500. The predicted octanol–water partition coefficient (Wildman–Crippen LogP) is 3.67. The number of nitrogens with one attached hydrogen (secondary N) is 1. The van der Waals surface area contributed by atoms with Crippen LogP contribution >= 0.6 is 0 Å². The van der Waals surface area contributed by atoms with Crippen molar-refractivity contribution < 1.29 is 34.8 Å². The summed E-state index contributed by atoms with van der Waals surface area (Å²) in [7, 11) is -4.94. The lowest BCUT2D eigenvalue weighted by atomic mass is 10.0. The lowest BCUT2D eigenvalue weighted by Gasteiger charge is -2.17. The van der Waals surface area contributed by atoms with Crippen LogP contribution in [0.4, 0.5) is 26.3 Å². The Balaban J connectivity index is 3.34. The summed E-state index contributed by atoms with van der Waals surface area (Å²) in [5.74, 6) is -0.305. The Kier molecular flexibility index (Phi) is 5.18. The zero-order valence-electron chi connectivity index (χ0n) is 11.5. The molecule has 0 saturated carbocycles. The topological polar surface area (TPSA) is 46.2 Å². The molecular formula is C12H13F6NO2S. The summed E-state index contributed by atoms with van der Waals surface area (Å²) >= 11 is 0. The molecule has 0 heterocycles. The summed E-state index contributed by atoms with van der Waals surface area (Å²) in [6.07, 6.45) is -9.88. The smallest absolute Gasteiger partial charge is 0.207 e. The maximum absolute atomic E-state index is 13.0. The van der Waals surface area contributed by atoms with Crippen molar-refractivity contribution in [3.63, 3.8) is 0 Å². The van der Waals surface area contributed by atoms with E-state index in [-0.39, 0.29) is 11.5 Å². The van der Waals surface area contributed by atoms with Gasteiger partial charge in [0.1, 0.15) is 6.54 Å². The number of hydrogen-bond acceptors (Lipinski definition) is 2. The van der Waals surface area contributed by atoms with Crippen LogP contribution in [0.3, 0.4) is 0 Å². The van der Waals surface area contributed by atoms with Gasteiger partial charge in [-0.2, -0.15) is 26.3 Å². The van der Waals surface area contributed by atoms with E-state index in [2.05, 4.69) is 0 Å². The van der Waals surface area contributed by atoms with Crippen LogP contribution in [-0.2, 0) is 16.2 Å². The Morgan fingerprint density at radius 3 is 2.05 bits per heavy atom. The monoisotopic (exact) mass is 349 g/mol. The van der Waals surface area contributed by atoms with Crippen molar-refractivity contribution in [2.45, 2.75) is 37.0 Å². The van der Waals surface area contributed by atoms with Crippen molar-refractivity contribution in [2.75, 3.05) is 6.54 Å². The summed E-state index contributed by atoms with van der Waals surface area (Å²) in [6.45, 7) is 1.26. The minimum atomic E-state index is -5.01. The van der Waals surface area contributed by atoms with Gasteiger partial charge in [0.2, 0.25) is 10.0 Å². The van der Waals surface area contributed by atoms with Gasteiger partial charge in [-0.15, -0.1) is 0 Å². The van der Waals surface area contributed by atoms with Crippen LogP contribution in [0.5, 0.6) is 0 Å². The van der Waals surface area contributed by atoms with Gasteiger partial charge in [0.25, 0.3) is 0 Å². The molecule has 0 atom stereocenters. The fourth-order valence-electron chi connectivity index (χ4n) is 1.62. The maximum atomic E-state index is 13.0. The van der Waals surface area contributed by atoms with E-state index in [9.17, 15) is 34.8 Å². The molecule has 0 fully saturated rings. The van der Waals surface area contributed by atoms with E-state index in [0.29, 0.717) is 12.1 Å². The lowest BCUT2D eigenvalue weighted by molar-refractivity contribution is -0.139. The standard InChI is InChI=1S/C12H13F6NO2S/c1-7(2)8-3-4-10(9(5-8)12(16,17)18)22(20,21)19-6-11(13,14)15/h3-5,7,19H,6H2,1-2H3. The first-order valence-electron chi connectivity index (χ1n) is 6.01. The van der Waals surface area contributed by atoms with Crippen molar-refractivity contribution >= 4 is 10.0 Å². The molecule has 126 valence electrons. The molecule has 0 aliphatic rings. The van der Waals surface area contributed by atoms with E-state index in [1.54, 1.807) is 13.8 Å². The second-order valence-electron chi connectivity index (χ2n) is 4.85. The zero-order chi connectivity index (χ0) is 17.3. The van der Waals surface area contributed by atoms with Gasteiger partial charge in [-0.3, -0.25) is 0 Å². The molecule has 0 bridgehead atoms. The molecule has 0 spiro atoms. The third-order valence-corrected chi connectivity index (χ3v) is 4.19. The minimum absolute atomic E-state index is 0.224. The molecule has 3 nitrogen and oxygen atoms in total. The highest BCUT2D eigenvalue weighted by Crippen LogP contribution is 2.36. The van der Waals surface area contributed by atoms with Crippen LogP contribution in [0.15, 0.2) is 23.1 Å². The highest BCUT2D eigenvalue weighted by molar-refractivity contribution is 7.89. The Morgan fingerprint density at radius 2 is 1.64 bits per heavy atom. The molecule has 0 aromatic heterocycles. The Hall–Kier alpha value is -1.29. The quantitative estimate of drug-likeness (QED) is 0.843. The Labute approximate surface area is 123 Å². The Morgan fingerprint density at radius 1 is 1.09 bits per heavy atom. The number of halogens is 6. The van der Waals surface area contributed by atoms with Crippen LogP contribution in [0.25, 0.3) is 0 Å². The average Bonchev–Trinajstić information content (AvgIpc) is 2.34. The van der Waals surface area contributed by atoms with E-state index in [0.717, 1.165) is 10.8 Å². The lowest BCUT2D eigenvalue weighted by Crippen LogP contribution is -2.34. The second kappa shape index (κ2) is 6.07. The van der Waals surface area contributed by atoms with Crippen molar-refractivity contribution in [3.8, 4) is 0 Å². The van der Waals surface area contributed by atoms with E-state index in [1.165, 1.54) is 0 Å². The van der Waals surface area contributed by atoms with Crippen LogP contribution in [0.2, 0.25) is 0 Å². The second-order valence-corrected chi connectivity index (χ2v) is 6.58. The summed E-state index contributed by atoms with van der Waals surface area (Å²) in [6, 6.07) is 2.44. The first-order valence-corrected chi connectivity index (χ1v) is 7.50.